The van der Waals surface area contributed by atoms with Gasteiger partial charge in [0.15, 0.2) is 0 Å². The second kappa shape index (κ2) is 28.5. The van der Waals surface area contributed by atoms with Gasteiger partial charge in [-0.3, -0.25) is 0 Å². The van der Waals surface area contributed by atoms with Crippen molar-refractivity contribution in [1.29, 1.82) is 0 Å². The molecule has 0 radical (unpaired) electrons. The van der Waals surface area contributed by atoms with Crippen LogP contribution >= 0.6 is 0 Å². The van der Waals surface area contributed by atoms with Gasteiger partial charge in [-0.05, 0) is 238 Å². The molecule has 4 fully saturated rings. The normalized spacial score (nSPS) is 18.1. The molecule has 3 heterocycles. The molecule has 108 heavy (non-hydrogen) atoms. The first-order valence-corrected chi connectivity index (χ1v) is 39.2. The Morgan fingerprint density at radius 3 is 0.833 bits per heavy atom. The number of anilines is 6. The van der Waals surface area contributed by atoms with Crippen molar-refractivity contribution in [2.75, 3.05) is 75.9 Å². The van der Waals surface area contributed by atoms with E-state index in [1.807, 2.05) is 0 Å². The number of fused-ring (bicyclic) bond motifs is 6. The van der Waals surface area contributed by atoms with Gasteiger partial charge in [0, 0.05) is 39.5 Å². The van der Waals surface area contributed by atoms with Gasteiger partial charge in [0.05, 0.1) is 93.1 Å². The molecule has 3 saturated heterocycles. The minimum absolute atomic E-state index is 0.0551. The van der Waals surface area contributed by atoms with Crippen LogP contribution in [0.4, 0.5) is 34.1 Å². The van der Waals surface area contributed by atoms with Crippen molar-refractivity contribution in [2.24, 2.45) is 21.7 Å². The van der Waals surface area contributed by atoms with Crippen LogP contribution in [0.15, 0.2) is 291 Å². The van der Waals surface area contributed by atoms with Gasteiger partial charge >= 0.3 is 0 Å². The number of hydrogen-bond donors (Lipinski definition) is 0. The van der Waals surface area contributed by atoms with Crippen LogP contribution in [-0.2, 0) is 25.0 Å². The van der Waals surface area contributed by atoms with E-state index in [1.165, 1.54) is 74.9 Å². The molecule has 0 bridgehead atoms. The van der Waals surface area contributed by atoms with Gasteiger partial charge in [-0.1, -0.05) is 204 Å². The summed E-state index contributed by atoms with van der Waals surface area (Å²) in [4.78, 5) is 4.81. The van der Waals surface area contributed by atoms with E-state index < -0.39 is 10.8 Å². The van der Waals surface area contributed by atoms with Gasteiger partial charge < -0.3 is 43.0 Å². The highest BCUT2D eigenvalue weighted by atomic mass is 16.5. The van der Waals surface area contributed by atoms with Crippen LogP contribution < -0.4 is 28.7 Å². The summed E-state index contributed by atoms with van der Waals surface area (Å²) in [6.45, 7) is 16.0. The smallest absolute Gasteiger partial charge is 0.119 e. The zero-order valence-corrected chi connectivity index (χ0v) is 62.5. The number of nitrogens with zero attached hydrogens (tertiary/aromatic N) is 2. The average molecular weight is 1420 g/mol. The van der Waals surface area contributed by atoms with Crippen molar-refractivity contribution in [3.63, 3.8) is 0 Å². The van der Waals surface area contributed by atoms with Gasteiger partial charge in [-0.2, -0.15) is 0 Å². The molecule has 9 heteroatoms. The minimum Gasteiger partial charge on any atom is -0.493 e. The molecule has 0 amide bonds. The molecule has 542 valence electrons. The first-order chi connectivity index (χ1) is 53.1. The second-order valence-electron chi connectivity index (χ2n) is 31.5. The largest absolute Gasteiger partial charge is 0.493 e. The van der Waals surface area contributed by atoms with E-state index in [4.69, 9.17) is 33.2 Å². The number of benzene rings is 12. The predicted molar refractivity (Wildman–Crippen MR) is 435 cm³/mol. The summed E-state index contributed by atoms with van der Waals surface area (Å²) < 4.78 is 43.5. The van der Waals surface area contributed by atoms with E-state index in [-0.39, 0.29) is 21.7 Å². The van der Waals surface area contributed by atoms with Crippen molar-refractivity contribution >= 4 is 34.1 Å². The number of hydrogen-bond acceptors (Lipinski definition) is 9. The summed E-state index contributed by atoms with van der Waals surface area (Å²) in [7, 11) is 0. The number of ether oxygens (including phenoxy) is 7. The Morgan fingerprint density at radius 2 is 0.546 bits per heavy atom. The summed E-state index contributed by atoms with van der Waals surface area (Å²) in [5, 5.41) is 0. The SMILES string of the molecule is CCC1(COc2ccc(C3(c4ccc(OCC5(CC)COC5)cc4)c4ccccc4-c4ccc(N(c5ccccc5)c5ccc(-c6ccc(N(c7ccccc7)c7ccc8c(c7)C(c7ccc(OCC9(CC)COC9)cc7)(c7ccc(OCC9(CC)COC9)cc7)c7ccccc7-8)cc6)cc5)cc43)cc2)CCC1. The van der Waals surface area contributed by atoms with Crippen LogP contribution in [0.1, 0.15) is 117 Å². The van der Waals surface area contributed by atoms with Crippen LogP contribution in [0.25, 0.3) is 33.4 Å². The lowest BCUT2D eigenvalue weighted by atomic mass is 9.67. The molecular weight excluding hydrogens is 1330 g/mol. The maximum absolute atomic E-state index is 6.67. The Hall–Kier alpha value is -10.7. The van der Waals surface area contributed by atoms with Crippen LogP contribution in [0, 0.1) is 21.7 Å². The molecule has 0 aromatic heterocycles. The Bertz CT molecular complexity index is 4670. The fraction of sp³-hybridized carbons (Fsp3) is 0.273. The zero-order valence-electron chi connectivity index (χ0n) is 62.5. The maximum atomic E-state index is 6.67. The van der Waals surface area contributed by atoms with Crippen LogP contribution in [0.5, 0.6) is 23.0 Å². The van der Waals surface area contributed by atoms with Gasteiger partial charge in [0.1, 0.15) is 23.0 Å². The summed E-state index contributed by atoms with van der Waals surface area (Å²) in [5.41, 5.74) is 22.1. The molecule has 0 N–H and O–H groups in total. The molecule has 12 aromatic rings. The lowest BCUT2D eigenvalue weighted by Crippen LogP contribution is -2.46. The van der Waals surface area contributed by atoms with E-state index in [9.17, 15) is 0 Å². The Kier molecular flexibility index (Phi) is 18.2. The fourth-order valence-corrected chi connectivity index (χ4v) is 17.8. The third-order valence-corrected chi connectivity index (χ3v) is 25.4. The van der Waals surface area contributed by atoms with Crippen molar-refractivity contribution in [3.05, 3.63) is 336 Å². The molecule has 18 rings (SSSR count). The number of para-hydroxylation sites is 2. The summed E-state index contributed by atoms with van der Waals surface area (Å²) in [5.74, 6) is 3.48. The standard InChI is InChI=1S/C99H94N2O7/c1-5-94(56-19-57-94)66-105-82-46-32-72(33-47-82)98(73-34-48-83(49-35-73)106-67-95(6-2)60-102-61-95)90-26-17-15-24-86(90)88-54-44-80(58-92(88)98)100(76-20-11-9-12-21-76)78-40-28-70(29-41-78)71-30-42-79(43-31-71)101(77-22-13-10-14-23-77)81-45-55-89-87-25-16-18-27-91(87)99(93(89)59-81,74-36-50-84(51-37-74)107-68-96(7-3)62-103-63-96)75-38-52-85(53-39-75)108-69-97(8-4)64-104-65-97/h9-18,20-55,58-59H,5-8,19,56-57,60-69H2,1-4H3. The second-order valence-corrected chi connectivity index (χ2v) is 31.5. The highest BCUT2D eigenvalue weighted by Crippen LogP contribution is 2.60. The van der Waals surface area contributed by atoms with E-state index in [1.54, 1.807) is 0 Å². The molecule has 12 aromatic carbocycles. The van der Waals surface area contributed by atoms with Gasteiger partial charge in [-0.15, -0.1) is 0 Å². The molecule has 3 aliphatic carbocycles. The summed E-state index contributed by atoms with van der Waals surface area (Å²) in [6, 6.07) is 108. The van der Waals surface area contributed by atoms with Crippen molar-refractivity contribution in [2.45, 2.75) is 83.5 Å². The Morgan fingerprint density at radius 1 is 0.269 bits per heavy atom. The van der Waals surface area contributed by atoms with E-state index in [0.29, 0.717) is 19.8 Å². The van der Waals surface area contributed by atoms with E-state index >= 15 is 0 Å². The molecule has 1 unspecified atom stereocenters. The zero-order chi connectivity index (χ0) is 72.9. The Balaban J connectivity index is 0.690. The van der Waals surface area contributed by atoms with Crippen LogP contribution in [-0.4, -0.2) is 66.1 Å². The lowest BCUT2D eigenvalue weighted by Gasteiger charge is -2.40. The average Bonchev–Trinajstić information content (AvgIpc) is 1.54. The molecule has 6 aliphatic rings. The third-order valence-electron chi connectivity index (χ3n) is 25.4. The fourth-order valence-electron chi connectivity index (χ4n) is 17.8. The first-order valence-electron chi connectivity index (χ1n) is 39.2. The van der Waals surface area contributed by atoms with Gasteiger partial charge in [0.2, 0.25) is 0 Å². The maximum Gasteiger partial charge on any atom is 0.119 e. The van der Waals surface area contributed by atoms with E-state index in [0.717, 1.165) is 151 Å². The minimum atomic E-state index is -0.703. The Labute approximate surface area is 636 Å². The lowest BCUT2D eigenvalue weighted by molar-refractivity contribution is -0.133. The first kappa shape index (κ1) is 69.1. The molecule has 9 nitrogen and oxygen atoms in total. The van der Waals surface area contributed by atoms with Crippen LogP contribution in [0.3, 0.4) is 0 Å². The van der Waals surface area contributed by atoms with Gasteiger partial charge in [0.25, 0.3) is 0 Å². The predicted octanol–water partition coefficient (Wildman–Crippen LogP) is 23.4. The van der Waals surface area contributed by atoms with E-state index in [2.05, 4.69) is 329 Å². The topological polar surface area (TPSA) is 71.1 Å². The van der Waals surface area contributed by atoms with Gasteiger partial charge in [-0.25, -0.2) is 0 Å². The molecule has 3 aliphatic heterocycles. The quantitative estimate of drug-likeness (QED) is 0.0501. The van der Waals surface area contributed by atoms with Crippen LogP contribution in [0.2, 0.25) is 0 Å². The highest BCUT2D eigenvalue weighted by molar-refractivity contribution is 5.92. The highest BCUT2D eigenvalue weighted by Gasteiger charge is 2.49. The molecule has 0 spiro atoms. The monoisotopic (exact) mass is 1420 g/mol. The van der Waals surface area contributed by atoms with Crippen molar-refractivity contribution in [3.8, 4) is 56.4 Å². The molecule has 1 atom stereocenters. The van der Waals surface area contributed by atoms with Crippen molar-refractivity contribution < 1.29 is 33.2 Å². The summed E-state index contributed by atoms with van der Waals surface area (Å²) >= 11 is 0. The number of rotatable bonds is 27. The molecule has 1 saturated carbocycles. The third kappa shape index (κ3) is 12.0. The molecular formula is C99H94N2O7. The summed E-state index contributed by atoms with van der Waals surface area (Å²) in [6.07, 6.45) is 7.92. The van der Waals surface area contributed by atoms with Crippen molar-refractivity contribution in [1.82, 2.24) is 0 Å².